The van der Waals surface area contributed by atoms with Crippen LogP contribution in [0.1, 0.15) is 5.82 Å². The lowest BCUT2D eigenvalue weighted by atomic mass is 10.3. The molecule has 7 heteroatoms. The Balaban J connectivity index is 1.76. The van der Waals surface area contributed by atoms with Crippen LogP contribution in [-0.2, 0) is 6.54 Å². The monoisotopic (exact) mass is 275 g/mol. The van der Waals surface area contributed by atoms with Crippen LogP contribution in [0, 0.1) is 0 Å². The minimum absolute atomic E-state index is 0.561. The third-order valence-corrected chi connectivity index (χ3v) is 3.48. The van der Waals surface area contributed by atoms with Gasteiger partial charge in [-0.05, 0) is 18.2 Å². The lowest BCUT2D eigenvalue weighted by molar-refractivity contribution is 0.575. The molecule has 3 aromatic heterocycles. The summed E-state index contributed by atoms with van der Waals surface area (Å²) in [4.78, 5) is 6.37. The minimum Gasteiger partial charge on any atom is -0.463 e. The highest BCUT2D eigenvalue weighted by molar-refractivity contribution is 7.09. The third-order valence-electron chi connectivity index (χ3n) is 2.56. The second-order valence-corrected chi connectivity index (χ2v) is 4.99. The Kier molecular flexibility index (Phi) is 3.04. The van der Waals surface area contributed by atoms with Crippen molar-refractivity contribution in [2.45, 2.75) is 6.54 Å². The molecule has 0 aromatic carbocycles. The predicted octanol–water partition coefficient (Wildman–Crippen LogP) is 2.11. The Hall–Kier alpha value is -2.15. The normalized spacial score (nSPS) is 10.8. The van der Waals surface area contributed by atoms with Crippen molar-refractivity contribution in [2.24, 2.45) is 0 Å². The molecule has 3 rings (SSSR count). The summed E-state index contributed by atoms with van der Waals surface area (Å²) >= 11 is 1.39. The third kappa shape index (κ3) is 2.50. The molecule has 3 heterocycles. The number of nitrogens with zero attached hydrogens (tertiary/aromatic N) is 5. The molecule has 3 aromatic rings. The highest BCUT2D eigenvalue weighted by Gasteiger charge is 2.09. The molecule has 0 amide bonds. The van der Waals surface area contributed by atoms with Crippen molar-refractivity contribution < 1.29 is 4.42 Å². The van der Waals surface area contributed by atoms with Crippen LogP contribution in [0.3, 0.4) is 0 Å². The Morgan fingerprint density at radius 3 is 2.95 bits per heavy atom. The molecule has 0 aliphatic rings. The van der Waals surface area contributed by atoms with E-state index < -0.39 is 0 Å². The van der Waals surface area contributed by atoms with Crippen LogP contribution in [0.15, 0.2) is 35.1 Å². The zero-order chi connectivity index (χ0) is 13.2. The van der Waals surface area contributed by atoms with Crippen molar-refractivity contribution in [3.63, 3.8) is 0 Å². The molecule has 0 unspecified atom stereocenters. The quantitative estimate of drug-likeness (QED) is 0.730. The molecule has 0 saturated heterocycles. The van der Waals surface area contributed by atoms with E-state index in [1.807, 2.05) is 43.4 Å². The van der Waals surface area contributed by atoms with Crippen molar-refractivity contribution in [2.75, 3.05) is 19.0 Å². The van der Waals surface area contributed by atoms with Gasteiger partial charge in [0.25, 0.3) is 0 Å². The lowest BCUT2D eigenvalue weighted by Crippen LogP contribution is -2.08. The Bertz CT molecular complexity index is 655. The van der Waals surface area contributed by atoms with E-state index in [-0.39, 0.29) is 0 Å². The zero-order valence-electron chi connectivity index (χ0n) is 10.6. The number of aromatic nitrogens is 4. The van der Waals surface area contributed by atoms with Gasteiger partial charge in [-0.25, -0.2) is 4.98 Å². The summed E-state index contributed by atoms with van der Waals surface area (Å²) in [6, 6.07) is 5.65. The molecule has 0 atom stereocenters. The smallest absolute Gasteiger partial charge is 0.204 e. The fourth-order valence-corrected chi connectivity index (χ4v) is 2.24. The van der Waals surface area contributed by atoms with Gasteiger partial charge in [0, 0.05) is 31.8 Å². The fraction of sp³-hybridized carbons (Fsp3) is 0.250. The molecule has 6 nitrogen and oxygen atoms in total. The summed E-state index contributed by atoms with van der Waals surface area (Å²) < 4.78 is 11.4. The van der Waals surface area contributed by atoms with Gasteiger partial charge in [-0.1, -0.05) is 0 Å². The van der Waals surface area contributed by atoms with Crippen LogP contribution in [0.5, 0.6) is 0 Å². The van der Waals surface area contributed by atoms with E-state index in [9.17, 15) is 0 Å². The van der Waals surface area contributed by atoms with Gasteiger partial charge in [-0.2, -0.15) is 9.47 Å². The SMILES string of the molecule is CN(C)c1nc(Cn2ccc(-c3ccco3)n2)ns1. The lowest BCUT2D eigenvalue weighted by Gasteiger charge is -2.04. The van der Waals surface area contributed by atoms with Gasteiger partial charge in [0.15, 0.2) is 11.6 Å². The van der Waals surface area contributed by atoms with E-state index in [0.29, 0.717) is 6.54 Å². The molecular formula is C12H13N5OS. The van der Waals surface area contributed by atoms with Crippen molar-refractivity contribution in [1.29, 1.82) is 0 Å². The number of hydrogen-bond donors (Lipinski definition) is 0. The maximum absolute atomic E-state index is 5.31. The van der Waals surface area contributed by atoms with Crippen LogP contribution in [-0.4, -0.2) is 33.2 Å². The molecule has 0 aliphatic carbocycles. The van der Waals surface area contributed by atoms with Gasteiger partial charge >= 0.3 is 0 Å². The van der Waals surface area contributed by atoms with E-state index >= 15 is 0 Å². The minimum atomic E-state index is 0.561. The van der Waals surface area contributed by atoms with Gasteiger partial charge in [0.2, 0.25) is 5.13 Å². The van der Waals surface area contributed by atoms with E-state index in [2.05, 4.69) is 14.5 Å². The molecule has 0 bridgehead atoms. The Morgan fingerprint density at radius 1 is 1.37 bits per heavy atom. The standard InChI is InChI=1S/C12H13N5OS/c1-16(2)12-13-11(15-19-12)8-17-6-5-9(14-17)10-4-3-7-18-10/h3-7H,8H2,1-2H3. The molecule has 0 aliphatic heterocycles. The first-order valence-corrected chi connectivity index (χ1v) is 6.57. The van der Waals surface area contributed by atoms with E-state index in [1.165, 1.54) is 11.5 Å². The van der Waals surface area contributed by atoms with Gasteiger partial charge < -0.3 is 9.32 Å². The molecule has 19 heavy (non-hydrogen) atoms. The van der Waals surface area contributed by atoms with Crippen LogP contribution in [0.25, 0.3) is 11.5 Å². The zero-order valence-corrected chi connectivity index (χ0v) is 11.5. The first-order valence-electron chi connectivity index (χ1n) is 5.79. The highest BCUT2D eigenvalue weighted by Crippen LogP contribution is 2.18. The number of furan rings is 1. The summed E-state index contributed by atoms with van der Waals surface area (Å²) in [5.74, 6) is 1.53. The summed E-state index contributed by atoms with van der Waals surface area (Å²) in [7, 11) is 3.90. The Labute approximate surface area is 114 Å². The molecule has 0 fully saturated rings. The molecular weight excluding hydrogens is 262 g/mol. The van der Waals surface area contributed by atoms with E-state index in [1.54, 1.807) is 10.9 Å². The molecule has 0 radical (unpaired) electrons. The van der Waals surface area contributed by atoms with Crippen molar-refractivity contribution in [3.05, 3.63) is 36.5 Å². The largest absolute Gasteiger partial charge is 0.463 e. The molecule has 0 N–H and O–H groups in total. The Morgan fingerprint density at radius 2 is 2.26 bits per heavy atom. The average Bonchev–Trinajstić information content (AvgIpc) is 3.09. The van der Waals surface area contributed by atoms with Crippen LogP contribution < -0.4 is 4.90 Å². The van der Waals surface area contributed by atoms with Crippen molar-refractivity contribution >= 4 is 16.7 Å². The molecule has 98 valence electrons. The molecule has 0 spiro atoms. The van der Waals surface area contributed by atoms with Crippen LogP contribution >= 0.6 is 11.5 Å². The molecule has 0 saturated carbocycles. The van der Waals surface area contributed by atoms with Crippen LogP contribution in [0.2, 0.25) is 0 Å². The van der Waals surface area contributed by atoms with Crippen molar-refractivity contribution in [1.82, 2.24) is 19.1 Å². The summed E-state index contributed by atoms with van der Waals surface area (Å²) in [5.41, 5.74) is 0.813. The van der Waals surface area contributed by atoms with E-state index in [0.717, 1.165) is 22.4 Å². The second-order valence-electron chi connectivity index (χ2n) is 4.26. The van der Waals surface area contributed by atoms with Gasteiger partial charge in [-0.3, -0.25) is 4.68 Å². The number of hydrogen-bond acceptors (Lipinski definition) is 6. The summed E-state index contributed by atoms with van der Waals surface area (Å²) in [6.07, 6.45) is 3.54. The second kappa shape index (κ2) is 4.85. The first kappa shape index (κ1) is 11.9. The summed E-state index contributed by atoms with van der Waals surface area (Å²) in [5, 5.41) is 5.33. The topological polar surface area (TPSA) is 60.0 Å². The van der Waals surface area contributed by atoms with Crippen molar-refractivity contribution in [3.8, 4) is 11.5 Å². The van der Waals surface area contributed by atoms with Gasteiger partial charge in [-0.15, -0.1) is 0 Å². The summed E-state index contributed by atoms with van der Waals surface area (Å²) in [6.45, 7) is 0.561. The van der Waals surface area contributed by atoms with E-state index in [4.69, 9.17) is 4.42 Å². The van der Waals surface area contributed by atoms with Crippen LogP contribution in [0.4, 0.5) is 5.13 Å². The van der Waals surface area contributed by atoms with Gasteiger partial charge in [0.05, 0.1) is 6.26 Å². The fourth-order valence-electron chi connectivity index (χ4n) is 1.64. The first-order chi connectivity index (χ1) is 9.22. The maximum Gasteiger partial charge on any atom is 0.204 e. The maximum atomic E-state index is 5.31. The van der Waals surface area contributed by atoms with Gasteiger partial charge in [0.1, 0.15) is 12.2 Å². The predicted molar refractivity (Wildman–Crippen MR) is 73.3 cm³/mol. The number of rotatable bonds is 4. The number of anilines is 1. The highest BCUT2D eigenvalue weighted by atomic mass is 32.1. The average molecular weight is 275 g/mol.